The van der Waals surface area contributed by atoms with Crippen molar-refractivity contribution in [3.05, 3.63) is 12.2 Å². The van der Waals surface area contributed by atoms with E-state index in [4.69, 9.17) is 9.47 Å². The van der Waals surface area contributed by atoms with Crippen LogP contribution in [0.15, 0.2) is 12.2 Å². The fraction of sp³-hybridized carbons (Fsp3) is 0.742. The number of likely N-dealkylation sites (tertiary alicyclic amines) is 1. The number of fused-ring (bicyclic) bond motifs is 1. The Hall–Kier alpha value is -3.69. The van der Waals surface area contributed by atoms with Crippen molar-refractivity contribution < 1.29 is 51.4 Å². The first-order chi connectivity index (χ1) is 21.6. The zero-order valence-corrected chi connectivity index (χ0v) is 27.8. The van der Waals surface area contributed by atoms with Gasteiger partial charge in [-0.25, -0.2) is 9.59 Å². The minimum atomic E-state index is -4.65. The van der Waals surface area contributed by atoms with E-state index in [9.17, 15) is 41.9 Å². The quantitative estimate of drug-likeness (QED) is 0.137. The number of carbonyl (C=O) groups is 6. The van der Waals surface area contributed by atoms with Gasteiger partial charge in [-0.05, 0) is 41.6 Å². The van der Waals surface area contributed by atoms with E-state index in [-0.39, 0.29) is 30.6 Å². The van der Waals surface area contributed by atoms with Crippen LogP contribution in [0.3, 0.4) is 0 Å². The molecule has 3 aliphatic rings. The normalized spacial score (nSPS) is 25.0. The standard InChI is InChI=1S/C31H46F3N5O8/c1-15(2)20(27(44)47-16-10-12-46-14-16)37-28(45)38-23(29(3,4)5)26(43)39-13-17-19(30(17,6)7)21(39)24(41)36-18(9-11-31(32,33)34)22(40)25(42)35-8/h16-21,23H,1,9-14H2,2-8H3,(H,35,42)(H,36,41)(H2,37,38,45)/t16?,17-,18?,19-,20-,21-,23+/m0/s1. The molecule has 0 radical (unpaired) electrons. The summed E-state index contributed by atoms with van der Waals surface area (Å²) in [6, 6.07) is -6.29. The Bertz CT molecular complexity index is 1270. The van der Waals surface area contributed by atoms with E-state index in [0.29, 0.717) is 13.0 Å². The number of nitrogens with one attached hydrogen (secondary N) is 4. The molecule has 1 saturated carbocycles. The molecule has 264 valence electrons. The second-order valence-electron chi connectivity index (χ2n) is 14.2. The van der Waals surface area contributed by atoms with Gasteiger partial charge in [0.2, 0.25) is 17.6 Å². The fourth-order valence-corrected chi connectivity index (χ4v) is 6.27. The molecule has 0 spiro atoms. The highest BCUT2D eigenvalue weighted by molar-refractivity contribution is 6.38. The third-order valence-electron chi connectivity index (χ3n) is 9.12. The molecule has 0 aromatic heterocycles. The highest BCUT2D eigenvalue weighted by Gasteiger charge is 2.70. The van der Waals surface area contributed by atoms with Gasteiger partial charge in [0, 0.05) is 26.4 Å². The molecular weight excluding hydrogens is 627 g/mol. The van der Waals surface area contributed by atoms with E-state index < -0.39 is 95.6 Å². The number of Topliss-reactive ketones (excluding diaryl/α,β-unsaturated/α-hetero) is 1. The number of esters is 1. The van der Waals surface area contributed by atoms with Gasteiger partial charge < -0.3 is 35.6 Å². The summed E-state index contributed by atoms with van der Waals surface area (Å²) in [6.07, 6.45) is -6.90. The molecule has 2 unspecified atom stereocenters. The zero-order valence-electron chi connectivity index (χ0n) is 27.8. The molecule has 47 heavy (non-hydrogen) atoms. The number of ketones is 1. The van der Waals surface area contributed by atoms with Crippen molar-refractivity contribution in [2.45, 2.75) is 97.3 Å². The zero-order chi connectivity index (χ0) is 35.6. The molecule has 1 aliphatic carbocycles. The lowest BCUT2D eigenvalue weighted by atomic mass is 9.85. The maximum atomic E-state index is 14.1. The Balaban J connectivity index is 1.81. The minimum absolute atomic E-state index is 0.116. The summed E-state index contributed by atoms with van der Waals surface area (Å²) in [6.45, 7) is 14.9. The summed E-state index contributed by atoms with van der Waals surface area (Å²) in [5.74, 6) is -5.20. The Labute approximate surface area is 272 Å². The third-order valence-corrected chi connectivity index (χ3v) is 9.12. The van der Waals surface area contributed by atoms with Gasteiger partial charge in [0.05, 0.1) is 19.3 Å². The van der Waals surface area contributed by atoms with E-state index in [1.807, 2.05) is 13.8 Å². The first-order valence-corrected chi connectivity index (χ1v) is 15.5. The predicted molar refractivity (Wildman–Crippen MR) is 161 cm³/mol. The molecule has 5 amide bonds. The molecule has 2 aliphatic heterocycles. The lowest BCUT2D eigenvalue weighted by Gasteiger charge is -2.38. The number of urea groups is 1. The van der Waals surface area contributed by atoms with Crippen molar-refractivity contribution in [1.29, 1.82) is 0 Å². The van der Waals surface area contributed by atoms with Crippen LogP contribution in [0.5, 0.6) is 0 Å². The molecule has 2 heterocycles. The maximum Gasteiger partial charge on any atom is 0.389 e. The topological polar surface area (TPSA) is 172 Å². The molecule has 0 bridgehead atoms. The van der Waals surface area contributed by atoms with Crippen molar-refractivity contribution in [1.82, 2.24) is 26.2 Å². The van der Waals surface area contributed by atoms with Crippen LogP contribution in [0, 0.1) is 22.7 Å². The fourth-order valence-electron chi connectivity index (χ4n) is 6.27. The van der Waals surface area contributed by atoms with Gasteiger partial charge in [-0.15, -0.1) is 0 Å². The monoisotopic (exact) mass is 673 g/mol. The van der Waals surface area contributed by atoms with Gasteiger partial charge in [-0.1, -0.05) is 41.2 Å². The van der Waals surface area contributed by atoms with Crippen LogP contribution in [-0.2, 0) is 33.4 Å². The Kier molecular flexibility index (Phi) is 11.4. The lowest BCUT2D eigenvalue weighted by Crippen LogP contribution is -2.62. The summed E-state index contributed by atoms with van der Waals surface area (Å²) in [7, 11) is 1.14. The van der Waals surface area contributed by atoms with Gasteiger partial charge in [-0.3, -0.25) is 19.2 Å². The van der Waals surface area contributed by atoms with E-state index in [1.165, 1.54) is 11.8 Å². The first kappa shape index (κ1) is 37.8. The second-order valence-corrected chi connectivity index (χ2v) is 14.2. The van der Waals surface area contributed by atoms with Crippen LogP contribution in [0.1, 0.15) is 60.8 Å². The van der Waals surface area contributed by atoms with Gasteiger partial charge in [-0.2, -0.15) is 13.2 Å². The van der Waals surface area contributed by atoms with Crippen molar-refractivity contribution in [3.8, 4) is 0 Å². The van der Waals surface area contributed by atoms with Crippen molar-refractivity contribution in [2.24, 2.45) is 22.7 Å². The lowest BCUT2D eigenvalue weighted by molar-refractivity contribution is -0.150. The summed E-state index contributed by atoms with van der Waals surface area (Å²) in [5, 5.41) is 9.50. The molecule has 2 saturated heterocycles. The molecule has 16 heteroatoms. The number of piperidine rings is 1. The average Bonchev–Trinajstić information content (AvgIpc) is 3.38. The first-order valence-electron chi connectivity index (χ1n) is 15.5. The van der Waals surface area contributed by atoms with Crippen molar-refractivity contribution in [2.75, 3.05) is 26.8 Å². The molecule has 0 aromatic carbocycles. The van der Waals surface area contributed by atoms with Gasteiger partial charge in [0.15, 0.2) is 0 Å². The number of halogens is 3. The number of rotatable bonds is 12. The summed E-state index contributed by atoms with van der Waals surface area (Å²) in [4.78, 5) is 79.8. The number of carbonyl (C=O) groups excluding carboxylic acids is 6. The van der Waals surface area contributed by atoms with Gasteiger partial charge >= 0.3 is 18.2 Å². The maximum absolute atomic E-state index is 14.1. The smallest absolute Gasteiger partial charge is 0.389 e. The predicted octanol–water partition coefficient (Wildman–Crippen LogP) is 1.60. The van der Waals surface area contributed by atoms with Crippen LogP contribution in [0.25, 0.3) is 0 Å². The van der Waals surface area contributed by atoms with Crippen LogP contribution in [-0.4, -0.2) is 104 Å². The third kappa shape index (κ3) is 9.02. The van der Waals surface area contributed by atoms with E-state index >= 15 is 0 Å². The van der Waals surface area contributed by atoms with E-state index in [2.05, 4.69) is 27.8 Å². The summed E-state index contributed by atoms with van der Waals surface area (Å²) in [5.41, 5.74) is -1.03. The Morgan fingerprint density at radius 1 is 1.06 bits per heavy atom. The van der Waals surface area contributed by atoms with E-state index in [0.717, 1.165) is 7.05 Å². The number of alkyl halides is 3. The second kappa shape index (κ2) is 14.2. The molecule has 7 atom stereocenters. The Morgan fingerprint density at radius 3 is 2.21 bits per heavy atom. The largest absolute Gasteiger partial charge is 0.458 e. The molecule has 4 N–H and O–H groups in total. The SMILES string of the molecule is C=C(C)[C@H](NC(=O)N[C@H](C(=O)N1C[C@H]2[C@@H]([C@H]1C(=O)NC(CCC(F)(F)F)C(=O)C(=O)NC)C2(C)C)C(C)(C)C)C(=O)OC1CCOC1. The number of nitrogens with zero attached hydrogens (tertiary/aromatic N) is 1. The van der Waals surface area contributed by atoms with Crippen LogP contribution in [0.4, 0.5) is 18.0 Å². The molecule has 13 nitrogen and oxygen atoms in total. The molecule has 0 aromatic rings. The number of hydrogen-bond donors (Lipinski definition) is 4. The number of hydrogen-bond acceptors (Lipinski definition) is 8. The van der Waals surface area contributed by atoms with Crippen LogP contribution < -0.4 is 21.3 Å². The molecule has 3 fully saturated rings. The number of likely N-dealkylation sites (N-methyl/N-ethyl adjacent to an activating group) is 1. The Morgan fingerprint density at radius 2 is 1.70 bits per heavy atom. The van der Waals surface area contributed by atoms with Crippen LogP contribution >= 0.6 is 0 Å². The highest BCUT2D eigenvalue weighted by Crippen LogP contribution is 2.65. The average molecular weight is 674 g/mol. The van der Waals surface area contributed by atoms with Gasteiger partial charge in [0.1, 0.15) is 24.2 Å². The summed E-state index contributed by atoms with van der Waals surface area (Å²) < 4.78 is 49.8. The van der Waals surface area contributed by atoms with Crippen molar-refractivity contribution in [3.63, 3.8) is 0 Å². The van der Waals surface area contributed by atoms with Crippen molar-refractivity contribution >= 4 is 35.5 Å². The number of amides is 5. The number of ether oxygens (including phenoxy) is 2. The van der Waals surface area contributed by atoms with E-state index in [1.54, 1.807) is 20.8 Å². The van der Waals surface area contributed by atoms with Crippen LogP contribution in [0.2, 0.25) is 0 Å². The minimum Gasteiger partial charge on any atom is -0.458 e. The molecule has 3 rings (SSSR count). The highest BCUT2D eigenvalue weighted by atomic mass is 19.4. The molecular formula is C31H46F3N5O8. The van der Waals surface area contributed by atoms with Gasteiger partial charge in [0.25, 0.3) is 5.91 Å². The summed E-state index contributed by atoms with van der Waals surface area (Å²) >= 11 is 0.